The van der Waals surface area contributed by atoms with Gasteiger partial charge in [-0.3, -0.25) is 0 Å². The zero-order valence-corrected chi connectivity index (χ0v) is 17.7. The number of halogens is 2. The Bertz CT molecular complexity index is 849. The quantitative estimate of drug-likeness (QED) is 0.674. The van der Waals surface area contributed by atoms with Gasteiger partial charge in [0.05, 0.1) is 0 Å². The fraction of sp³-hybridized carbons (Fsp3) is 0.391. The Morgan fingerprint density at radius 2 is 1.43 bits per heavy atom. The lowest BCUT2D eigenvalue weighted by Crippen LogP contribution is -2.43. The van der Waals surface area contributed by atoms with Gasteiger partial charge in [-0.1, -0.05) is 24.3 Å². The van der Waals surface area contributed by atoms with Crippen LogP contribution in [-0.4, -0.2) is 29.8 Å². The number of benzene rings is 2. The molecule has 1 amide bonds. The number of carbonyl (C=O) groups is 2. The van der Waals surface area contributed by atoms with Gasteiger partial charge in [-0.05, 0) is 70.0 Å². The Hall–Kier alpha value is -2.96. The summed E-state index contributed by atoms with van der Waals surface area (Å²) < 4.78 is 38.3. The Kier molecular flexibility index (Phi) is 7.54. The second-order valence-electron chi connectivity index (χ2n) is 8.10. The van der Waals surface area contributed by atoms with Crippen molar-refractivity contribution in [2.75, 3.05) is 0 Å². The van der Waals surface area contributed by atoms with Crippen molar-refractivity contribution in [3.63, 3.8) is 0 Å². The molecule has 0 aromatic heterocycles. The number of hydrogen-bond donors (Lipinski definition) is 1. The number of nitrogens with one attached hydrogen (secondary N) is 1. The molecule has 2 rings (SSSR count). The first-order valence-electron chi connectivity index (χ1n) is 9.67. The minimum atomic E-state index is -0.969. The van der Waals surface area contributed by atoms with E-state index in [4.69, 9.17) is 9.47 Å². The number of alkyl carbamates (subject to hydrolysis) is 1. The van der Waals surface area contributed by atoms with Gasteiger partial charge in [0.2, 0.25) is 0 Å². The van der Waals surface area contributed by atoms with Gasteiger partial charge < -0.3 is 14.8 Å². The van der Waals surface area contributed by atoms with Crippen LogP contribution in [0.5, 0.6) is 0 Å². The molecule has 0 unspecified atom stereocenters. The lowest BCUT2D eigenvalue weighted by atomic mass is 9.87. The van der Waals surface area contributed by atoms with E-state index in [2.05, 4.69) is 5.32 Å². The van der Waals surface area contributed by atoms with Crippen LogP contribution in [0.3, 0.4) is 0 Å². The lowest BCUT2D eigenvalue weighted by molar-refractivity contribution is -0.150. The van der Waals surface area contributed by atoms with Crippen molar-refractivity contribution in [2.45, 2.75) is 58.3 Å². The number of esters is 1. The van der Waals surface area contributed by atoms with Crippen molar-refractivity contribution in [3.05, 3.63) is 71.3 Å². The smallest absolute Gasteiger partial charge is 0.408 e. The van der Waals surface area contributed by atoms with Crippen molar-refractivity contribution < 1.29 is 27.8 Å². The van der Waals surface area contributed by atoms with Crippen molar-refractivity contribution in [1.82, 2.24) is 5.32 Å². The molecule has 0 saturated carbocycles. The van der Waals surface area contributed by atoms with Gasteiger partial charge in [0.1, 0.15) is 29.4 Å². The Balaban J connectivity index is 2.19. The van der Waals surface area contributed by atoms with E-state index in [1.165, 1.54) is 43.3 Å². The number of amides is 1. The Morgan fingerprint density at radius 1 is 0.933 bits per heavy atom. The van der Waals surface area contributed by atoms with Crippen LogP contribution in [0.2, 0.25) is 0 Å². The molecule has 0 radical (unpaired) electrons. The van der Waals surface area contributed by atoms with Gasteiger partial charge in [0.15, 0.2) is 0 Å². The van der Waals surface area contributed by atoms with Gasteiger partial charge >= 0.3 is 12.1 Å². The molecule has 0 fully saturated rings. The Labute approximate surface area is 175 Å². The highest BCUT2D eigenvalue weighted by atomic mass is 19.1. The summed E-state index contributed by atoms with van der Waals surface area (Å²) >= 11 is 0. The van der Waals surface area contributed by atoms with Gasteiger partial charge in [-0.15, -0.1) is 0 Å². The second kappa shape index (κ2) is 9.69. The average Bonchev–Trinajstić information content (AvgIpc) is 2.60. The third-order valence-electron chi connectivity index (χ3n) is 4.27. The number of hydrogen-bond acceptors (Lipinski definition) is 4. The summed E-state index contributed by atoms with van der Waals surface area (Å²) in [5.74, 6) is -2.19. The Morgan fingerprint density at radius 3 is 1.87 bits per heavy atom. The molecule has 7 heteroatoms. The maximum Gasteiger partial charge on any atom is 0.408 e. The minimum absolute atomic E-state index is 0.451. The molecular weight excluding hydrogens is 392 g/mol. The monoisotopic (exact) mass is 419 g/mol. The van der Waals surface area contributed by atoms with Crippen LogP contribution >= 0.6 is 0 Å². The summed E-state index contributed by atoms with van der Waals surface area (Å²) in [5.41, 5.74) is 0.364. The van der Waals surface area contributed by atoms with E-state index >= 15 is 0 Å². The third-order valence-corrected chi connectivity index (χ3v) is 4.27. The van der Waals surface area contributed by atoms with Crippen molar-refractivity contribution >= 4 is 12.1 Å². The van der Waals surface area contributed by atoms with Crippen LogP contribution in [0.1, 0.15) is 51.7 Å². The minimum Gasteiger partial charge on any atom is -0.460 e. The molecule has 0 saturated heterocycles. The fourth-order valence-electron chi connectivity index (χ4n) is 3.03. The largest absolute Gasteiger partial charge is 0.460 e. The van der Waals surface area contributed by atoms with E-state index in [1.54, 1.807) is 39.8 Å². The highest BCUT2D eigenvalue weighted by Crippen LogP contribution is 2.31. The van der Waals surface area contributed by atoms with Gasteiger partial charge in [0.25, 0.3) is 0 Å². The first kappa shape index (κ1) is 23.3. The standard InChI is InChI=1S/C23H27F2NO4/c1-14(26-22(28)30-23(3,4)5)21(27)29-15(2)20(16-8-6-10-18(24)12-16)17-9-7-11-19(25)13-17/h6-15,20H,1-5H3,(H,26,28)/t14-,15-/m0/s1. The van der Waals surface area contributed by atoms with Crippen LogP contribution in [0.4, 0.5) is 13.6 Å². The first-order chi connectivity index (χ1) is 14.0. The molecule has 1 N–H and O–H groups in total. The molecule has 0 aliphatic carbocycles. The molecular formula is C23H27F2NO4. The van der Waals surface area contributed by atoms with Crippen LogP contribution in [-0.2, 0) is 14.3 Å². The first-order valence-corrected chi connectivity index (χ1v) is 9.67. The summed E-state index contributed by atoms with van der Waals surface area (Å²) in [6.07, 6.45) is -1.50. The molecule has 0 aliphatic heterocycles. The highest BCUT2D eigenvalue weighted by molar-refractivity contribution is 5.81. The van der Waals surface area contributed by atoms with Crippen LogP contribution in [0.15, 0.2) is 48.5 Å². The van der Waals surface area contributed by atoms with Gasteiger partial charge in [-0.2, -0.15) is 0 Å². The molecule has 2 aromatic carbocycles. The normalized spacial score (nSPS) is 13.5. The SMILES string of the molecule is C[C@H](NC(=O)OC(C)(C)C)C(=O)O[C@@H](C)C(c1cccc(F)c1)c1cccc(F)c1. The zero-order valence-electron chi connectivity index (χ0n) is 17.7. The summed E-state index contributed by atoms with van der Waals surface area (Å²) in [4.78, 5) is 24.4. The summed E-state index contributed by atoms with van der Waals surface area (Å²) in [5, 5.41) is 2.42. The van der Waals surface area contributed by atoms with E-state index in [1.807, 2.05) is 0 Å². The highest BCUT2D eigenvalue weighted by Gasteiger charge is 2.28. The lowest BCUT2D eigenvalue weighted by Gasteiger charge is -2.27. The molecule has 0 aliphatic rings. The van der Waals surface area contributed by atoms with Crippen molar-refractivity contribution in [1.29, 1.82) is 0 Å². The van der Waals surface area contributed by atoms with E-state index in [0.717, 1.165) is 0 Å². The fourth-order valence-corrected chi connectivity index (χ4v) is 3.03. The zero-order chi connectivity index (χ0) is 22.5. The molecule has 2 atom stereocenters. The summed E-state index contributed by atoms with van der Waals surface area (Å²) in [7, 11) is 0. The third kappa shape index (κ3) is 6.83. The van der Waals surface area contributed by atoms with Gasteiger partial charge in [-0.25, -0.2) is 18.4 Å². The summed E-state index contributed by atoms with van der Waals surface area (Å²) in [6, 6.07) is 10.7. The van der Waals surface area contributed by atoms with Crippen molar-refractivity contribution in [2.24, 2.45) is 0 Å². The van der Waals surface area contributed by atoms with Crippen molar-refractivity contribution in [3.8, 4) is 0 Å². The maximum atomic E-state index is 13.8. The predicted octanol–water partition coefficient (Wildman–Crippen LogP) is 4.94. The second-order valence-corrected chi connectivity index (χ2v) is 8.10. The topological polar surface area (TPSA) is 64.6 Å². The maximum absolute atomic E-state index is 13.8. The van der Waals surface area contributed by atoms with Crippen LogP contribution in [0.25, 0.3) is 0 Å². The molecule has 0 heterocycles. The molecule has 2 aromatic rings. The molecule has 0 spiro atoms. The van der Waals surface area contributed by atoms with E-state index < -0.39 is 47.4 Å². The number of carbonyl (C=O) groups excluding carboxylic acids is 2. The van der Waals surface area contributed by atoms with Crippen LogP contribution in [0, 0.1) is 11.6 Å². The van der Waals surface area contributed by atoms with E-state index in [-0.39, 0.29) is 0 Å². The van der Waals surface area contributed by atoms with E-state index in [0.29, 0.717) is 11.1 Å². The number of rotatable bonds is 6. The van der Waals surface area contributed by atoms with E-state index in [9.17, 15) is 18.4 Å². The van der Waals surface area contributed by atoms with Gasteiger partial charge in [0, 0.05) is 5.92 Å². The number of ether oxygens (including phenoxy) is 2. The predicted molar refractivity (Wildman–Crippen MR) is 109 cm³/mol. The molecule has 0 bridgehead atoms. The van der Waals surface area contributed by atoms with Crippen LogP contribution < -0.4 is 5.32 Å². The molecule has 30 heavy (non-hydrogen) atoms. The average molecular weight is 419 g/mol. The summed E-state index contributed by atoms with van der Waals surface area (Å²) in [6.45, 7) is 8.23. The molecule has 5 nitrogen and oxygen atoms in total. The molecule has 162 valence electrons.